The van der Waals surface area contributed by atoms with E-state index in [0.29, 0.717) is 48.7 Å². The minimum Gasteiger partial charge on any atom is -0.473 e. The molecule has 2 amide bonds. The molecule has 0 radical (unpaired) electrons. The van der Waals surface area contributed by atoms with Gasteiger partial charge in [-0.2, -0.15) is 0 Å². The van der Waals surface area contributed by atoms with Crippen molar-refractivity contribution in [1.29, 1.82) is 5.41 Å². The lowest BCUT2D eigenvalue weighted by Gasteiger charge is -2.32. The van der Waals surface area contributed by atoms with Crippen LogP contribution in [0, 0.1) is 17.1 Å². The largest absolute Gasteiger partial charge is 0.473 e. The first-order valence-corrected chi connectivity index (χ1v) is 14.5. The number of carbonyl (C=O) groups is 1. The number of benzene rings is 1. The number of likely N-dealkylation sites (tertiary alicyclic amines) is 1. The number of piperidine rings is 1. The van der Waals surface area contributed by atoms with Crippen LogP contribution in [0.3, 0.4) is 0 Å². The van der Waals surface area contributed by atoms with Crippen molar-refractivity contribution >= 4 is 45.2 Å². The highest BCUT2D eigenvalue weighted by Gasteiger charge is 2.27. The van der Waals surface area contributed by atoms with Crippen LogP contribution in [-0.2, 0) is 0 Å². The van der Waals surface area contributed by atoms with Gasteiger partial charge in [-0.1, -0.05) is 25.3 Å². The maximum Gasteiger partial charge on any atom is 0.322 e. The molecule has 0 atom stereocenters. The van der Waals surface area contributed by atoms with Crippen LogP contribution in [-0.4, -0.2) is 52.2 Å². The zero-order valence-electron chi connectivity index (χ0n) is 20.3. The highest BCUT2D eigenvalue weighted by molar-refractivity contribution is 7.98. The number of aromatic nitrogens is 2. The predicted molar refractivity (Wildman–Crippen MR) is 143 cm³/mol. The summed E-state index contributed by atoms with van der Waals surface area (Å²) < 4.78 is 21.8. The summed E-state index contributed by atoms with van der Waals surface area (Å²) in [6.07, 6.45) is 10.1. The van der Waals surface area contributed by atoms with Crippen molar-refractivity contribution in [2.24, 2.45) is 5.92 Å². The molecule has 36 heavy (non-hydrogen) atoms. The van der Waals surface area contributed by atoms with E-state index in [2.05, 4.69) is 15.3 Å². The maximum atomic E-state index is 14.8. The Morgan fingerprint density at radius 1 is 1.17 bits per heavy atom. The molecule has 1 aliphatic carbocycles. The molecule has 1 aromatic carbocycles. The van der Waals surface area contributed by atoms with E-state index in [9.17, 15) is 9.18 Å². The van der Waals surface area contributed by atoms with Gasteiger partial charge in [-0.3, -0.25) is 10.7 Å². The van der Waals surface area contributed by atoms with Crippen molar-refractivity contribution in [3.63, 3.8) is 0 Å². The zero-order chi connectivity index (χ0) is 25.1. The second kappa shape index (κ2) is 11.1. The van der Waals surface area contributed by atoms with Crippen molar-refractivity contribution in [2.75, 3.05) is 19.3 Å². The molecule has 10 heteroatoms. The molecule has 3 heterocycles. The lowest BCUT2D eigenvalue weighted by molar-refractivity contribution is 0.110. The second-order valence-electron chi connectivity index (χ2n) is 9.33. The van der Waals surface area contributed by atoms with E-state index in [1.165, 1.54) is 35.8 Å². The molecule has 0 unspecified atom stereocenters. The van der Waals surface area contributed by atoms with Crippen LogP contribution >= 0.6 is 23.1 Å². The van der Waals surface area contributed by atoms with Crippen LogP contribution in [0.5, 0.6) is 5.88 Å². The average Bonchev–Trinajstić information content (AvgIpc) is 3.34. The van der Waals surface area contributed by atoms with Gasteiger partial charge in [0.25, 0.3) is 0 Å². The number of amidine groups is 1. The number of amides is 2. The van der Waals surface area contributed by atoms with E-state index in [1.54, 1.807) is 17.0 Å². The second-order valence-corrected chi connectivity index (χ2v) is 11.1. The predicted octanol–water partition coefficient (Wildman–Crippen LogP) is 6.33. The lowest BCUT2D eigenvalue weighted by atomic mass is 9.88. The monoisotopic (exact) mass is 527 g/mol. The molecule has 190 valence electrons. The van der Waals surface area contributed by atoms with Crippen LogP contribution < -0.4 is 10.1 Å². The summed E-state index contributed by atoms with van der Waals surface area (Å²) >= 11 is 2.95. The molecule has 7 nitrogen and oxygen atoms in total. The summed E-state index contributed by atoms with van der Waals surface area (Å²) in [6.45, 7) is 1.12. The number of urea groups is 1. The molecule has 1 saturated heterocycles. The highest BCUT2D eigenvalue weighted by atomic mass is 32.2. The van der Waals surface area contributed by atoms with Gasteiger partial charge in [0.05, 0.1) is 5.52 Å². The van der Waals surface area contributed by atoms with E-state index in [0.717, 1.165) is 40.8 Å². The minimum absolute atomic E-state index is 0.0758. The van der Waals surface area contributed by atoms with Crippen molar-refractivity contribution < 1.29 is 13.9 Å². The average molecular weight is 528 g/mol. The smallest absolute Gasteiger partial charge is 0.322 e. The van der Waals surface area contributed by atoms with E-state index in [-0.39, 0.29) is 23.9 Å². The fourth-order valence-electron chi connectivity index (χ4n) is 4.97. The standard InChI is InChI=1S/C26H30FN5O2S2/c1-35-18-7-8-19(21(27)13-18)20-14-36-23-22(20)29-15-30-25(23)34-17-9-11-32(12-10-17)26(33)31-24(28)16-5-3-2-4-6-16/h7-8,13-17H,2-6,9-12H2,1H3,(H2,28,31,33). The number of thioether (sulfide) groups is 1. The third-order valence-electron chi connectivity index (χ3n) is 7.05. The SMILES string of the molecule is CSc1ccc(-c2csc3c(OC4CCN(C(=O)NC(=N)C5CCCCC5)CC4)ncnc23)c(F)c1. The van der Waals surface area contributed by atoms with Crippen LogP contribution in [0.2, 0.25) is 0 Å². The summed E-state index contributed by atoms with van der Waals surface area (Å²) in [4.78, 5) is 24.1. The summed E-state index contributed by atoms with van der Waals surface area (Å²) in [6, 6.07) is 5.06. The lowest BCUT2D eigenvalue weighted by Crippen LogP contribution is -2.49. The normalized spacial score (nSPS) is 17.3. The number of hydrogen-bond acceptors (Lipinski definition) is 7. The third kappa shape index (κ3) is 5.34. The fraction of sp³-hybridized carbons (Fsp3) is 0.462. The Morgan fingerprint density at radius 2 is 1.94 bits per heavy atom. The number of carbonyl (C=O) groups excluding carboxylic acids is 1. The van der Waals surface area contributed by atoms with Crippen molar-refractivity contribution in [3.8, 4) is 17.0 Å². The van der Waals surface area contributed by atoms with Gasteiger partial charge >= 0.3 is 6.03 Å². The number of nitrogens with one attached hydrogen (secondary N) is 2. The van der Waals surface area contributed by atoms with E-state index >= 15 is 0 Å². The quantitative estimate of drug-likeness (QED) is 0.230. The van der Waals surface area contributed by atoms with Crippen molar-refractivity contribution in [1.82, 2.24) is 20.2 Å². The number of ether oxygens (including phenoxy) is 1. The topological polar surface area (TPSA) is 91.2 Å². The Balaban J connectivity index is 1.21. The Bertz CT molecular complexity index is 1250. The van der Waals surface area contributed by atoms with E-state index < -0.39 is 0 Å². The van der Waals surface area contributed by atoms with Gasteiger partial charge in [0.1, 0.15) is 28.8 Å². The maximum absolute atomic E-state index is 14.8. The van der Waals surface area contributed by atoms with E-state index in [1.807, 2.05) is 17.7 Å². The molecule has 2 aromatic heterocycles. The van der Waals surface area contributed by atoms with Crippen LogP contribution in [0.4, 0.5) is 9.18 Å². The summed E-state index contributed by atoms with van der Waals surface area (Å²) in [5.41, 5.74) is 1.93. The first kappa shape index (κ1) is 25.0. The number of fused-ring (bicyclic) bond motifs is 1. The third-order valence-corrected chi connectivity index (χ3v) is 8.73. The summed E-state index contributed by atoms with van der Waals surface area (Å²) in [5, 5.41) is 13.0. The minimum atomic E-state index is -0.273. The van der Waals surface area contributed by atoms with E-state index in [4.69, 9.17) is 10.1 Å². The van der Waals surface area contributed by atoms with Gasteiger partial charge in [-0.15, -0.1) is 23.1 Å². The summed E-state index contributed by atoms with van der Waals surface area (Å²) in [7, 11) is 0. The number of rotatable bonds is 5. The molecular weight excluding hydrogens is 497 g/mol. The molecule has 2 N–H and O–H groups in total. The van der Waals surface area contributed by atoms with Gasteiger partial charge in [0.2, 0.25) is 5.88 Å². The number of halogens is 1. The molecule has 0 spiro atoms. The Kier molecular flexibility index (Phi) is 7.71. The number of hydrogen-bond donors (Lipinski definition) is 2. The van der Waals surface area contributed by atoms with Gasteiger partial charge in [0, 0.05) is 53.3 Å². The Labute approximate surface area is 218 Å². The summed E-state index contributed by atoms with van der Waals surface area (Å²) in [5.74, 6) is 0.759. The van der Waals surface area contributed by atoms with Crippen LogP contribution in [0.15, 0.2) is 34.8 Å². The van der Waals surface area contributed by atoms with Crippen molar-refractivity contribution in [3.05, 3.63) is 35.7 Å². The molecule has 1 saturated carbocycles. The van der Waals surface area contributed by atoms with Crippen LogP contribution in [0.1, 0.15) is 44.9 Å². The first-order chi connectivity index (χ1) is 17.5. The molecule has 0 bridgehead atoms. The molecular formula is C26H30FN5O2S2. The number of nitrogens with zero attached hydrogens (tertiary/aromatic N) is 3. The molecule has 2 aliphatic rings. The van der Waals surface area contributed by atoms with Gasteiger partial charge < -0.3 is 9.64 Å². The Morgan fingerprint density at radius 3 is 2.67 bits per heavy atom. The van der Waals surface area contributed by atoms with Gasteiger partial charge in [-0.25, -0.2) is 19.2 Å². The Hall–Kier alpha value is -2.72. The van der Waals surface area contributed by atoms with Gasteiger partial charge in [-0.05, 0) is 31.2 Å². The molecule has 2 fully saturated rings. The van der Waals surface area contributed by atoms with Crippen molar-refractivity contribution in [2.45, 2.75) is 55.9 Å². The molecule has 1 aliphatic heterocycles. The zero-order valence-corrected chi connectivity index (χ0v) is 21.9. The first-order valence-electron chi connectivity index (χ1n) is 12.4. The fourth-order valence-corrected chi connectivity index (χ4v) is 6.34. The van der Waals surface area contributed by atoms with Gasteiger partial charge in [0.15, 0.2) is 0 Å². The number of thiophene rings is 1. The highest BCUT2D eigenvalue weighted by Crippen LogP contribution is 2.39. The molecule has 3 aromatic rings. The molecule has 5 rings (SSSR count). The van der Waals surface area contributed by atoms with Crippen LogP contribution in [0.25, 0.3) is 21.3 Å².